The summed E-state index contributed by atoms with van der Waals surface area (Å²) in [5, 5.41) is 5.77. The number of anilines is 1. The van der Waals surface area contributed by atoms with Crippen molar-refractivity contribution >= 4 is 34.1 Å². The number of hydrogen-bond donors (Lipinski definition) is 2. The number of rotatable bonds is 7. The number of carbonyl (C=O) groups excluding carboxylic acids is 3. The topological polar surface area (TPSA) is 91.7 Å². The number of carbonyl (C=O) groups is 3. The zero-order chi connectivity index (χ0) is 24.3. The van der Waals surface area contributed by atoms with E-state index >= 15 is 0 Å². The predicted octanol–water partition coefficient (Wildman–Crippen LogP) is 4.71. The summed E-state index contributed by atoms with van der Waals surface area (Å²) in [7, 11) is 0. The largest absolute Gasteiger partial charge is 0.459 e. The van der Waals surface area contributed by atoms with Gasteiger partial charge in [-0.15, -0.1) is 11.3 Å². The molecule has 34 heavy (non-hydrogen) atoms. The van der Waals surface area contributed by atoms with Gasteiger partial charge in [0, 0.05) is 19.5 Å². The Morgan fingerprint density at radius 1 is 1.12 bits per heavy atom. The van der Waals surface area contributed by atoms with Crippen LogP contribution in [0.25, 0.3) is 0 Å². The van der Waals surface area contributed by atoms with Crippen LogP contribution in [0.1, 0.15) is 50.2 Å². The van der Waals surface area contributed by atoms with E-state index in [1.807, 2.05) is 0 Å². The second-order valence-electron chi connectivity index (χ2n) is 7.69. The maximum absolute atomic E-state index is 13.2. The van der Waals surface area contributed by atoms with Crippen molar-refractivity contribution in [2.24, 2.45) is 0 Å². The normalized spacial score (nSPS) is 14.8. The van der Waals surface area contributed by atoms with Gasteiger partial charge in [0.15, 0.2) is 5.76 Å². The Morgan fingerprint density at radius 3 is 2.62 bits per heavy atom. The Morgan fingerprint density at radius 2 is 1.94 bits per heavy atom. The number of halogens is 3. The lowest BCUT2D eigenvalue weighted by Gasteiger charge is -2.25. The van der Waals surface area contributed by atoms with Crippen LogP contribution in [0.15, 0.2) is 59.2 Å². The molecule has 3 heterocycles. The molecular formula is C23H20F3N3O4S. The average molecular weight is 491 g/mol. The van der Waals surface area contributed by atoms with Gasteiger partial charge in [0.05, 0.1) is 27.7 Å². The van der Waals surface area contributed by atoms with Crippen LogP contribution in [0.4, 0.5) is 18.2 Å². The minimum Gasteiger partial charge on any atom is -0.459 e. The number of amides is 3. The molecule has 0 bridgehead atoms. The van der Waals surface area contributed by atoms with Crippen LogP contribution < -0.4 is 10.6 Å². The second-order valence-corrected chi connectivity index (χ2v) is 8.77. The van der Waals surface area contributed by atoms with E-state index in [1.54, 1.807) is 12.1 Å². The van der Waals surface area contributed by atoms with Crippen molar-refractivity contribution in [2.75, 3.05) is 18.4 Å². The molecule has 1 aromatic carbocycles. The number of nitrogens with zero attached hydrogens (tertiary/aromatic N) is 1. The fourth-order valence-electron chi connectivity index (χ4n) is 3.62. The summed E-state index contributed by atoms with van der Waals surface area (Å²) in [6.45, 7) is 0.533. The second kappa shape index (κ2) is 9.72. The molecule has 2 N–H and O–H groups in total. The van der Waals surface area contributed by atoms with Gasteiger partial charge < -0.3 is 20.0 Å². The maximum Gasteiger partial charge on any atom is 0.416 e. The van der Waals surface area contributed by atoms with E-state index in [2.05, 4.69) is 10.6 Å². The molecule has 178 valence electrons. The summed E-state index contributed by atoms with van der Waals surface area (Å²) in [6.07, 6.45) is -2.15. The van der Waals surface area contributed by atoms with Crippen LogP contribution in [0.5, 0.6) is 0 Å². The number of nitrogens with one attached hydrogen (secondary N) is 2. The summed E-state index contributed by atoms with van der Waals surface area (Å²) in [4.78, 5) is 39.0. The van der Waals surface area contributed by atoms with Crippen molar-refractivity contribution in [3.8, 4) is 0 Å². The summed E-state index contributed by atoms with van der Waals surface area (Å²) >= 11 is 1.01. The molecule has 0 spiro atoms. The molecule has 3 aromatic rings. The fourth-order valence-corrected chi connectivity index (χ4v) is 4.43. The van der Waals surface area contributed by atoms with Gasteiger partial charge in [0.25, 0.3) is 11.8 Å². The highest BCUT2D eigenvalue weighted by Gasteiger charge is 2.32. The third-order valence-electron chi connectivity index (χ3n) is 5.31. The lowest BCUT2D eigenvalue weighted by atomic mass is 10.0. The van der Waals surface area contributed by atoms with Crippen LogP contribution in [-0.4, -0.2) is 35.7 Å². The van der Waals surface area contributed by atoms with E-state index in [9.17, 15) is 27.6 Å². The number of thiophene rings is 1. The zero-order valence-corrected chi connectivity index (χ0v) is 18.5. The number of benzene rings is 1. The minimum absolute atomic E-state index is 0.0549. The lowest BCUT2D eigenvalue weighted by Crippen LogP contribution is -2.38. The monoisotopic (exact) mass is 491 g/mol. The molecule has 0 radical (unpaired) electrons. The van der Waals surface area contributed by atoms with Gasteiger partial charge >= 0.3 is 6.18 Å². The molecule has 1 fully saturated rings. The highest BCUT2D eigenvalue weighted by molar-refractivity contribution is 7.18. The summed E-state index contributed by atoms with van der Waals surface area (Å²) in [5.74, 6) is -1.00. The molecule has 4 rings (SSSR count). The lowest BCUT2D eigenvalue weighted by molar-refractivity contribution is -0.137. The van der Waals surface area contributed by atoms with Gasteiger partial charge in [0.1, 0.15) is 0 Å². The Kier molecular flexibility index (Phi) is 6.73. The first-order valence-electron chi connectivity index (χ1n) is 10.4. The van der Waals surface area contributed by atoms with Crippen molar-refractivity contribution in [2.45, 2.75) is 25.1 Å². The molecule has 7 nitrogen and oxygen atoms in total. The van der Waals surface area contributed by atoms with Gasteiger partial charge in [-0.25, -0.2) is 0 Å². The molecule has 0 aliphatic carbocycles. The van der Waals surface area contributed by atoms with E-state index in [0.29, 0.717) is 24.4 Å². The van der Waals surface area contributed by atoms with E-state index in [0.717, 1.165) is 23.5 Å². The SMILES string of the molecule is O=C(Nc1ccc(C(=O)N[C@H](CN2CCCC2=O)c2cccc(C(F)(F)F)c2)s1)c1ccco1. The molecule has 1 aliphatic heterocycles. The van der Waals surface area contributed by atoms with Gasteiger partial charge in [-0.3, -0.25) is 14.4 Å². The van der Waals surface area contributed by atoms with Gasteiger partial charge in [-0.05, 0) is 48.4 Å². The summed E-state index contributed by atoms with van der Waals surface area (Å²) in [6, 6.07) is 9.97. The molecule has 2 aromatic heterocycles. The molecule has 3 amide bonds. The van der Waals surface area contributed by atoms with Crippen LogP contribution in [-0.2, 0) is 11.0 Å². The Hall–Kier alpha value is -3.60. The third-order valence-corrected chi connectivity index (χ3v) is 6.31. The van der Waals surface area contributed by atoms with E-state index in [1.165, 1.54) is 35.4 Å². The first-order valence-corrected chi connectivity index (χ1v) is 11.2. The maximum atomic E-state index is 13.2. The van der Waals surface area contributed by atoms with Gasteiger partial charge in [-0.2, -0.15) is 13.2 Å². The fraction of sp³-hybridized carbons (Fsp3) is 0.261. The molecule has 0 saturated carbocycles. The smallest absolute Gasteiger partial charge is 0.416 e. The van der Waals surface area contributed by atoms with Crippen LogP contribution >= 0.6 is 11.3 Å². The quantitative estimate of drug-likeness (QED) is 0.501. The molecule has 11 heteroatoms. The van der Waals surface area contributed by atoms with E-state index in [4.69, 9.17) is 4.42 Å². The third kappa shape index (κ3) is 5.48. The first kappa shape index (κ1) is 23.6. The number of likely N-dealkylation sites (tertiary alicyclic amines) is 1. The first-order chi connectivity index (χ1) is 16.2. The highest BCUT2D eigenvalue weighted by atomic mass is 32.1. The highest BCUT2D eigenvalue weighted by Crippen LogP contribution is 2.31. The predicted molar refractivity (Wildman–Crippen MR) is 118 cm³/mol. The summed E-state index contributed by atoms with van der Waals surface area (Å²) < 4.78 is 44.8. The van der Waals surface area contributed by atoms with E-state index < -0.39 is 29.6 Å². The van der Waals surface area contributed by atoms with Crippen molar-refractivity contribution in [1.82, 2.24) is 10.2 Å². The number of furan rings is 1. The van der Waals surface area contributed by atoms with Crippen LogP contribution in [0, 0.1) is 0 Å². The summed E-state index contributed by atoms with van der Waals surface area (Å²) in [5.41, 5.74) is -0.596. The van der Waals surface area contributed by atoms with E-state index in [-0.39, 0.29) is 28.7 Å². The number of alkyl halides is 3. The Balaban J connectivity index is 1.52. The number of hydrogen-bond acceptors (Lipinski definition) is 5. The molecule has 1 aliphatic rings. The molecule has 1 saturated heterocycles. The Bertz CT molecular complexity index is 1190. The minimum atomic E-state index is -4.54. The van der Waals surface area contributed by atoms with Gasteiger partial charge in [-0.1, -0.05) is 12.1 Å². The van der Waals surface area contributed by atoms with Crippen molar-refractivity contribution in [3.05, 3.63) is 76.6 Å². The molecular weight excluding hydrogens is 471 g/mol. The standard InChI is InChI=1S/C23H20F3N3O4S/c24-23(25,26)15-5-1-4-14(12-15)16(13-29-10-2-7-20(29)30)27-22(32)18-8-9-19(34-18)28-21(31)17-6-3-11-33-17/h1,3-6,8-9,11-12,16H,2,7,10,13H2,(H,27,32)(H,28,31)/t16-/m1/s1. The van der Waals surface area contributed by atoms with Crippen LogP contribution in [0.3, 0.4) is 0 Å². The molecule has 0 unspecified atom stereocenters. The van der Waals surface area contributed by atoms with Crippen molar-refractivity contribution in [3.63, 3.8) is 0 Å². The van der Waals surface area contributed by atoms with Gasteiger partial charge in [0.2, 0.25) is 5.91 Å². The van der Waals surface area contributed by atoms with Crippen molar-refractivity contribution < 1.29 is 32.0 Å². The molecule has 1 atom stereocenters. The zero-order valence-electron chi connectivity index (χ0n) is 17.7. The average Bonchev–Trinajstić information content (AvgIpc) is 3.56. The Labute approximate surface area is 196 Å². The van der Waals surface area contributed by atoms with Crippen LogP contribution in [0.2, 0.25) is 0 Å². The van der Waals surface area contributed by atoms with Crippen molar-refractivity contribution in [1.29, 1.82) is 0 Å².